The van der Waals surface area contributed by atoms with E-state index in [1.807, 2.05) is 31.3 Å². The molecule has 0 aliphatic heterocycles. The number of amides is 2. The highest BCUT2D eigenvalue weighted by Gasteiger charge is 2.07. The molecular formula is C17H24N4O3. The molecule has 1 aromatic heterocycles. The Morgan fingerprint density at radius 2 is 2.00 bits per heavy atom. The summed E-state index contributed by atoms with van der Waals surface area (Å²) in [5, 5.41) is 9.67. The van der Waals surface area contributed by atoms with Crippen LogP contribution in [0.25, 0.3) is 0 Å². The normalized spacial score (nSPS) is 10.3. The molecule has 7 heteroatoms. The minimum Gasteiger partial charge on any atom is -0.493 e. The summed E-state index contributed by atoms with van der Waals surface area (Å²) in [5.41, 5.74) is 1.87. The van der Waals surface area contributed by atoms with E-state index in [-0.39, 0.29) is 6.03 Å². The number of hydrogen-bond donors (Lipinski definition) is 2. The second-order valence-corrected chi connectivity index (χ2v) is 5.32. The van der Waals surface area contributed by atoms with Crippen LogP contribution in [0.1, 0.15) is 24.6 Å². The van der Waals surface area contributed by atoms with Crippen molar-refractivity contribution in [3.05, 3.63) is 41.7 Å². The lowest BCUT2D eigenvalue weighted by molar-refractivity contribution is 0.240. The van der Waals surface area contributed by atoms with Crippen molar-refractivity contribution in [1.82, 2.24) is 20.4 Å². The molecule has 130 valence electrons. The summed E-state index contributed by atoms with van der Waals surface area (Å²) in [6.45, 7) is 3.52. The minimum absolute atomic E-state index is 0.235. The molecule has 1 aromatic carbocycles. The summed E-state index contributed by atoms with van der Waals surface area (Å²) < 4.78 is 12.7. The Kier molecular flexibility index (Phi) is 6.48. The number of rotatable bonds is 8. The van der Waals surface area contributed by atoms with Gasteiger partial charge in [0.25, 0.3) is 0 Å². The van der Waals surface area contributed by atoms with Crippen molar-refractivity contribution in [2.45, 2.75) is 26.4 Å². The quantitative estimate of drug-likeness (QED) is 0.777. The van der Waals surface area contributed by atoms with Gasteiger partial charge in [0.05, 0.1) is 26.0 Å². The predicted octanol–water partition coefficient (Wildman–Crippen LogP) is 2.22. The summed E-state index contributed by atoms with van der Waals surface area (Å²) in [5.74, 6) is 1.38. The van der Waals surface area contributed by atoms with Crippen LogP contribution in [0.3, 0.4) is 0 Å². The molecule has 2 rings (SSSR count). The minimum atomic E-state index is -0.235. The summed E-state index contributed by atoms with van der Waals surface area (Å²) >= 11 is 0. The van der Waals surface area contributed by atoms with Crippen molar-refractivity contribution in [1.29, 1.82) is 0 Å². The molecule has 0 aliphatic rings. The molecule has 2 amide bonds. The fourth-order valence-electron chi connectivity index (χ4n) is 2.14. The van der Waals surface area contributed by atoms with Gasteiger partial charge < -0.3 is 20.1 Å². The maximum Gasteiger partial charge on any atom is 0.315 e. The molecule has 0 fully saturated rings. The smallest absolute Gasteiger partial charge is 0.315 e. The number of aromatic nitrogens is 2. The van der Waals surface area contributed by atoms with Crippen LogP contribution in [-0.4, -0.2) is 29.5 Å². The second kappa shape index (κ2) is 8.81. The lowest BCUT2D eigenvalue weighted by Crippen LogP contribution is -2.35. The van der Waals surface area contributed by atoms with Crippen molar-refractivity contribution in [2.24, 2.45) is 7.05 Å². The molecule has 0 spiro atoms. The molecule has 0 aliphatic carbocycles. The van der Waals surface area contributed by atoms with Crippen molar-refractivity contribution in [3.8, 4) is 11.5 Å². The largest absolute Gasteiger partial charge is 0.493 e. The maximum absolute atomic E-state index is 11.9. The zero-order chi connectivity index (χ0) is 17.4. The molecule has 7 nitrogen and oxygen atoms in total. The highest BCUT2D eigenvalue weighted by molar-refractivity contribution is 5.73. The summed E-state index contributed by atoms with van der Waals surface area (Å²) in [4.78, 5) is 11.9. The van der Waals surface area contributed by atoms with E-state index in [4.69, 9.17) is 9.47 Å². The molecule has 0 unspecified atom stereocenters. The Bertz CT molecular complexity index is 670. The van der Waals surface area contributed by atoms with Crippen LogP contribution >= 0.6 is 0 Å². The molecule has 2 aromatic rings. The van der Waals surface area contributed by atoms with Gasteiger partial charge in [-0.3, -0.25) is 4.68 Å². The predicted molar refractivity (Wildman–Crippen MR) is 91.1 cm³/mol. The van der Waals surface area contributed by atoms with Crippen molar-refractivity contribution >= 4 is 6.03 Å². The van der Waals surface area contributed by atoms with Crippen LogP contribution in [0.4, 0.5) is 4.79 Å². The van der Waals surface area contributed by atoms with Gasteiger partial charge in [0.1, 0.15) is 0 Å². The third-order valence-electron chi connectivity index (χ3n) is 3.50. The molecule has 24 heavy (non-hydrogen) atoms. The van der Waals surface area contributed by atoms with Crippen LogP contribution < -0.4 is 20.1 Å². The van der Waals surface area contributed by atoms with Gasteiger partial charge in [0.15, 0.2) is 11.5 Å². The Labute approximate surface area is 142 Å². The van der Waals surface area contributed by atoms with Crippen LogP contribution in [-0.2, 0) is 20.1 Å². The Morgan fingerprint density at radius 3 is 2.67 bits per heavy atom. The van der Waals surface area contributed by atoms with E-state index in [2.05, 4.69) is 22.7 Å². The summed E-state index contributed by atoms with van der Waals surface area (Å²) in [6.07, 6.45) is 2.63. The molecular weight excluding hydrogens is 308 g/mol. The summed E-state index contributed by atoms with van der Waals surface area (Å²) in [7, 11) is 3.44. The maximum atomic E-state index is 11.9. The van der Waals surface area contributed by atoms with E-state index in [1.54, 1.807) is 18.0 Å². The fraction of sp³-hybridized carbons (Fsp3) is 0.412. The van der Waals surface area contributed by atoms with Gasteiger partial charge >= 0.3 is 6.03 Å². The topological polar surface area (TPSA) is 77.4 Å². The first-order valence-corrected chi connectivity index (χ1v) is 7.92. The number of carbonyl (C=O) groups is 1. The van der Waals surface area contributed by atoms with Crippen LogP contribution in [0.2, 0.25) is 0 Å². The van der Waals surface area contributed by atoms with Crippen molar-refractivity contribution in [2.75, 3.05) is 13.7 Å². The number of carbonyl (C=O) groups excluding carboxylic acids is 1. The number of methoxy groups -OCH3 is 1. The monoisotopic (exact) mass is 332 g/mol. The highest BCUT2D eigenvalue weighted by atomic mass is 16.5. The number of nitrogens with zero attached hydrogens (tertiary/aromatic N) is 2. The first kappa shape index (κ1) is 17.7. The van der Waals surface area contributed by atoms with Gasteiger partial charge in [0, 0.05) is 19.8 Å². The number of aryl methyl sites for hydroxylation is 1. The second-order valence-electron chi connectivity index (χ2n) is 5.32. The third kappa shape index (κ3) is 4.91. The van der Waals surface area contributed by atoms with Gasteiger partial charge in [0.2, 0.25) is 0 Å². The summed E-state index contributed by atoms with van der Waals surface area (Å²) in [6, 6.07) is 7.27. The molecule has 0 atom stereocenters. The van der Waals surface area contributed by atoms with E-state index < -0.39 is 0 Å². The van der Waals surface area contributed by atoms with Crippen LogP contribution in [0.15, 0.2) is 30.5 Å². The van der Waals surface area contributed by atoms with Gasteiger partial charge in [-0.1, -0.05) is 13.0 Å². The third-order valence-corrected chi connectivity index (χ3v) is 3.50. The fourth-order valence-corrected chi connectivity index (χ4v) is 2.14. The first-order valence-electron chi connectivity index (χ1n) is 7.92. The Balaban J connectivity index is 1.84. The van der Waals surface area contributed by atoms with Crippen molar-refractivity contribution in [3.63, 3.8) is 0 Å². The highest BCUT2D eigenvalue weighted by Crippen LogP contribution is 2.28. The van der Waals surface area contributed by atoms with Crippen LogP contribution in [0.5, 0.6) is 11.5 Å². The molecule has 0 radical (unpaired) electrons. The number of urea groups is 1. The number of nitrogens with one attached hydrogen (secondary N) is 2. The van der Waals surface area contributed by atoms with E-state index in [9.17, 15) is 4.79 Å². The zero-order valence-corrected chi connectivity index (χ0v) is 14.3. The lowest BCUT2D eigenvalue weighted by Gasteiger charge is -2.12. The first-order chi connectivity index (χ1) is 11.6. The van der Waals surface area contributed by atoms with E-state index >= 15 is 0 Å². The van der Waals surface area contributed by atoms with Gasteiger partial charge in [-0.25, -0.2) is 4.79 Å². The number of hydrogen-bond acceptors (Lipinski definition) is 4. The number of ether oxygens (including phenoxy) is 2. The van der Waals surface area contributed by atoms with E-state index in [1.165, 1.54) is 0 Å². The average molecular weight is 332 g/mol. The van der Waals surface area contributed by atoms with E-state index in [0.29, 0.717) is 31.2 Å². The molecule has 0 bridgehead atoms. The van der Waals surface area contributed by atoms with E-state index in [0.717, 1.165) is 17.7 Å². The van der Waals surface area contributed by atoms with Crippen LogP contribution in [0, 0.1) is 0 Å². The Morgan fingerprint density at radius 1 is 1.21 bits per heavy atom. The molecule has 0 saturated carbocycles. The van der Waals surface area contributed by atoms with Gasteiger partial charge in [-0.15, -0.1) is 0 Å². The van der Waals surface area contributed by atoms with Crippen molar-refractivity contribution < 1.29 is 14.3 Å². The SMILES string of the molecule is CCCOc1ccc(CNC(=O)NCc2ccnn2C)cc1OC. The zero-order valence-electron chi connectivity index (χ0n) is 14.3. The lowest BCUT2D eigenvalue weighted by atomic mass is 10.2. The average Bonchev–Trinajstić information content (AvgIpc) is 3.01. The standard InChI is InChI=1S/C17H24N4O3/c1-4-9-24-15-6-5-13(10-16(15)23-3)11-18-17(22)19-12-14-7-8-20-21(14)2/h5-8,10H,4,9,11-12H2,1-3H3,(H2,18,19,22). The molecule has 1 heterocycles. The van der Waals surface area contributed by atoms with Gasteiger partial charge in [-0.05, 0) is 30.2 Å². The Hall–Kier alpha value is -2.70. The van der Waals surface area contributed by atoms with Gasteiger partial charge in [-0.2, -0.15) is 5.10 Å². The molecule has 2 N–H and O–H groups in total. The number of benzene rings is 1. The molecule has 0 saturated heterocycles.